The Balaban J connectivity index is 2.24. The second-order valence-electron chi connectivity index (χ2n) is 5.24. The van der Waals surface area contributed by atoms with Crippen LogP contribution in [0.2, 0.25) is 0 Å². The number of carboxylic acid groups (broad SMARTS) is 1. The molecule has 1 aliphatic heterocycles. The van der Waals surface area contributed by atoms with E-state index in [2.05, 4.69) is 0 Å². The number of rotatable bonds is 5. The Hall–Kier alpha value is -3.09. The van der Waals surface area contributed by atoms with Crippen molar-refractivity contribution in [3.05, 3.63) is 29.8 Å². The fourth-order valence-corrected chi connectivity index (χ4v) is 2.80. The summed E-state index contributed by atoms with van der Waals surface area (Å²) in [5.74, 6) is 0.811. The maximum atomic E-state index is 11.6. The largest absolute Gasteiger partial charge is 0.492 e. The smallest absolute Gasteiger partial charge is 0.339 e. The molecule has 0 fully saturated rings. The van der Waals surface area contributed by atoms with Crippen molar-refractivity contribution in [3.8, 4) is 39.9 Å². The first kappa shape index (κ1) is 16.8. The molecule has 1 aliphatic rings. The number of carboxylic acids is 1. The highest BCUT2D eigenvalue weighted by atomic mass is 16.6. The summed E-state index contributed by atoms with van der Waals surface area (Å²) in [7, 11) is 4.30. The molecule has 25 heavy (non-hydrogen) atoms. The predicted molar refractivity (Wildman–Crippen MR) is 89.5 cm³/mol. The molecule has 2 aromatic rings. The van der Waals surface area contributed by atoms with E-state index in [1.54, 1.807) is 12.1 Å². The fraction of sp³-hybridized carbons (Fsp3) is 0.278. The van der Waals surface area contributed by atoms with Gasteiger partial charge in [0.2, 0.25) is 5.75 Å². The molecule has 1 heterocycles. The van der Waals surface area contributed by atoms with Crippen LogP contribution in [0, 0.1) is 0 Å². The average molecular weight is 346 g/mol. The van der Waals surface area contributed by atoms with Gasteiger partial charge >= 0.3 is 5.97 Å². The van der Waals surface area contributed by atoms with Gasteiger partial charge in [-0.2, -0.15) is 0 Å². The van der Waals surface area contributed by atoms with Crippen molar-refractivity contribution in [2.24, 2.45) is 0 Å². The molecular formula is C18H18O7. The second-order valence-corrected chi connectivity index (χ2v) is 5.24. The summed E-state index contributed by atoms with van der Waals surface area (Å²) in [6.45, 7) is 0.953. The molecule has 0 aromatic heterocycles. The summed E-state index contributed by atoms with van der Waals surface area (Å²) in [4.78, 5) is 11.6. The second kappa shape index (κ2) is 6.80. The van der Waals surface area contributed by atoms with E-state index < -0.39 is 5.97 Å². The molecule has 1 N–H and O–H groups in total. The molecule has 132 valence electrons. The number of fused-ring (bicyclic) bond motifs is 1. The van der Waals surface area contributed by atoms with Crippen molar-refractivity contribution in [2.45, 2.75) is 0 Å². The van der Waals surface area contributed by atoms with E-state index in [4.69, 9.17) is 23.7 Å². The summed E-state index contributed by atoms with van der Waals surface area (Å²) in [5, 5.41) is 9.52. The maximum Gasteiger partial charge on any atom is 0.339 e. The summed E-state index contributed by atoms with van der Waals surface area (Å²) in [6, 6.07) is 6.86. The molecule has 0 atom stereocenters. The van der Waals surface area contributed by atoms with Gasteiger partial charge in [-0.1, -0.05) is 6.07 Å². The topological polar surface area (TPSA) is 83.5 Å². The van der Waals surface area contributed by atoms with Crippen LogP contribution in [0.4, 0.5) is 0 Å². The Morgan fingerprint density at radius 3 is 2.16 bits per heavy atom. The third-order valence-corrected chi connectivity index (χ3v) is 3.89. The van der Waals surface area contributed by atoms with Crippen molar-refractivity contribution in [2.75, 3.05) is 34.5 Å². The van der Waals surface area contributed by atoms with E-state index >= 15 is 0 Å². The molecule has 7 nitrogen and oxygen atoms in total. The normalized spacial score (nSPS) is 12.4. The zero-order valence-electron chi connectivity index (χ0n) is 14.1. The zero-order chi connectivity index (χ0) is 18.0. The molecule has 2 aromatic carbocycles. The fourth-order valence-electron chi connectivity index (χ4n) is 2.80. The lowest BCUT2D eigenvalue weighted by molar-refractivity contribution is 0.0692. The van der Waals surface area contributed by atoms with Crippen LogP contribution >= 0.6 is 0 Å². The van der Waals surface area contributed by atoms with Crippen molar-refractivity contribution in [1.29, 1.82) is 0 Å². The van der Waals surface area contributed by atoms with Crippen LogP contribution in [0.15, 0.2) is 24.3 Å². The summed E-state index contributed by atoms with van der Waals surface area (Å²) < 4.78 is 27.2. The van der Waals surface area contributed by atoms with Crippen LogP contribution < -0.4 is 23.7 Å². The van der Waals surface area contributed by atoms with E-state index in [9.17, 15) is 9.90 Å². The Morgan fingerprint density at radius 1 is 0.920 bits per heavy atom. The maximum absolute atomic E-state index is 11.6. The van der Waals surface area contributed by atoms with Gasteiger partial charge in [-0.3, -0.25) is 0 Å². The number of ether oxygens (including phenoxy) is 5. The first-order valence-corrected chi connectivity index (χ1v) is 7.57. The summed E-state index contributed by atoms with van der Waals surface area (Å²) in [6.07, 6.45) is 0. The summed E-state index contributed by atoms with van der Waals surface area (Å²) >= 11 is 0. The van der Waals surface area contributed by atoms with E-state index in [1.807, 2.05) is 6.07 Å². The summed E-state index contributed by atoms with van der Waals surface area (Å²) in [5.41, 5.74) is 1.24. The van der Waals surface area contributed by atoms with E-state index in [0.717, 1.165) is 0 Å². The number of benzene rings is 2. The number of aromatic carboxylic acids is 1. The van der Waals surface area contributed by atoms with Crippen LogP contribution in [0.3, 0.4) is 0 Å². The number of carbonyl (C=O) groups is 1. The van der Waals surface area contributed by atoms with E-state index in [-0.39, 0.29) is 17.1 Å². The predicted octanol–water partition coefficient (Wildman–Crippen LogP) is 2.85. The minimum atomic E-state index is -1.13. The highest BCUT2D eigenvalue weighted by Crippen LogP contribution is 2.48. The SMILES string of the molecule is COc1c(C(=O)O)cc(-c2ccc3c(c2)OCCO3)c(OC)c1OC. The Labute approximate surface area is 144 Å². The third-order valence-electron chi connectivity index (χ3n) is 3.89. The first-order chi connectivity index (χ1) is 12.1. The standard InChI is InChI=1S/C18H18O7/c1-21-15-11(9-12(18(19)20)16(22-2)17(15)23-3)10-4-5-13-14(8-10)25-7-6-24-13/h4-5,8-9H,6-7H2,1-3H3,(H,19,20). The van der Waals surface area contributed by atoms with Gasteiger partial charge in [-0.15, -0.1) is 0 Å². The van der Waals surface area contributed by atoms with Gasteiger partial charge in [0.05, 0.1) is 21.3 Å². The molecule has 0 unspecified atom stereocenters. The molecule has 0 spiro atoms. The van der Waals surface area contributed by atoms with Crippen molar-refractivity contribution >= 4 is 5.97 Å². The van der Waals surface area contributed by atoms with Crippen molar-refractivity contribution in [1.82, 2.24) is 0 Å². The van der Waals surface area contributed by atoms with Gasteiger partial charge in [-0.05, 0) is 23.8 Å². The van der Waals surface area contributed by atoms with Crippen LogP contribution in [0.1, 0.15) is 10.4 Å². The first-order valence-electron chi connectivity index (χ1n) is 7.57. The highest BCUT2D eigenvalue weighted by molar-refractivity contribution is 5.96. The average Bonchev–Trinajstić information content (AvgIpc) is 2.65. The van der Waals surface area contributed by atoms with Crippen molar-refractivity contribution in [3.63, 3.8) is 0 Å². The van der Waals surface area contributed by atoms with Gasteiger partial charge in [0, 0.05) is 5.56 Å². The highest BCUT2D eigenvalue weighted by Gasteiger charge is 2.25. The van der Waals surface area contributed by atoms with Crippen LogP contribution in [-0.2, 0) is 0 Å². The van der Waals surface area contributed by atoms with Crippen molar-refractivity contribution < 1.29 is 33.6 Å². The minimum absolute atomic E-state index is 0.0231. The van der Waals surface area contributed by atoms with E-state index in [1.165, 1.54) is 27.4 Å². The van der Waals surface area contributed by atoms with Gasteiger partial charge in [0.15, 0.2) is 23.0 Å². The van der Waals surface area contributed by atoms with E-state index in [0.29, 0.717) is 41.6 Å². The number of hydrogen-bond acceptors (Lipinski definition) is 6. The van der Waals surface area contributed by atoms with Crippen LogP contribution in [0.25, 0.3) is 11.1 Å². The lowest BCUT2D eigenvalue weighted by Crippen LogP contribution is -2.15. The minimum Gasteiger partial charge on any atom is -0.492 e. The molecule has 3 rings (SSSR count). The molecule has 0 amide bonds. The van der Waals surface area contributed by atoms with Crippen LogP contribution in [0.5, 0.6) is 28.7 Å². The molecule has 0 aliphatic carbocycles. The number of methoxy groups -OCH3 is 3. The quantitative estimate of drug-likeness (QED) is 0.891. The van der Waals surface area contributed by atoms with Gasteiger partial charge < -0.3 is 28.8 Å². The van der Waals surface area contributed by atoms with Crippen LogP contribution in [-0.4, -0.2) is 45.6 Å². The molecular weight excluding hydrogens is 328 g/mol. The third kappa shape index (κ3) is 2.88. The lowest BCUT2D eigenvalue weighted by Gasteiger charge is -2.21. The molecule has 7 heteroatoms. The van der Waals surface area contributed by atoms with Gasteiger partial charge in [0.25, 0.3) is 0 Å². The Bertz CT molecular complexity index is 814. The molecule has 0 bridgehead atoms. The Kier molecular flexibility index (Phi) is 4.56. The number of hydrogen-bond donors (Lipinski definition) is 1. The van der Waals surface area contributed by atoms with Gasteiger partial charge in [0.1, 0.15) is 18.8 Å². The Morgan fingerprint density at radius 2 is 1.56 bits per heavy atom. The lowest BCUT2D eigenvalue weighted by atomic mass is 9.99. The van der Waals surface area contributed by atoms with Gasteiger partial charge in [-0.25, -0.2) is 4.79 Å². The molecule has 0 saturated heterocycles. The molecule has 0 saturated carbocycles. The monoisotopic (exact) mass is 346 g/mol. The zero-order valence-corrected chi connectivity index (χ0v) is 14.1. The molecule has 0 radical (unpaired) electrons.